The predicted molar refractivity (Wildman–Crippen MR) is 230 cm³/mol. The molecule has 8 nitrogen and oxygen atoms in total. The monoisotopic (exact) mass is 796 g/mol. The molecule has 2 atom stereocenters. The van der Waals surface area contributed by atoms with Crippen molar-refractivity contribution in [1.82, 2.24) is 0 Å². The van der Waals surface area contributed by atoms with Crippen molar-refractivity contribution in [2.24, 2.45) is 0 Å². The largest absolute Gasteiger partial charge is 0.491 e. The molecule has 0 spiro atoms. The van der Waals surface area contributed by atoms with Crippen molar-refractivity contribution in [2.75, 3.05) is 26.4 Å². The number of hydrogen-bond acceptors (Lipinski definition) is 10. The van der Waals surface area contributed by atoms with Gasteiger partial charge in [-0.1, -0.05) is 62.4 Å². The Morgan fingerprint density at radius 2 is 0.789 bits per heavy atom. The molecule has 0 aliphatic heterocycles. The van der Waals surface area contributed by atoms with E-state index in [1.165, 1.54) is 0 Å². The molecular formula is C47H40O8S2. The number of rotatable bonds is 14. The molecule has 0 saturated carbocycles. The normalized spacial score (nSPS) is 12.8. The van der Waals surface area contributed by atoms with E-state index in [0.717, 1.165) is 29.9 Å². The van der Waals surface area contributed by atoms with E-state index in [9.17, 15) is 19.8 Å². The fraction of sp³-hybridized carbons (Fsp3) is 0.191. The predicted octanol–water partition coefficient (Wildman–Crippen LogP) is 9.11. The average molecular weight is 797 g/mol. The maximum absolute atomic E-state index is 13.0. The summed E-state index contributed by atoms with van der Waals surface area (Å²) < 4.78 is 27.1. The average Bonchev–Trinajstić information content (AvgIpc) is 3.24. The first-order valence-corrected chi connectivity index (χ1v) is 20.3. The third-order valence-corrected chi connectivity index (χ3v) is 12.3. The second-order valence-electron chi connectivity index (χ2n) is 14.4. The number of benzene rings is 6. The topological polar surface area (TPSA) is 112 Å². The summed E-state index contributed by atoms with van der Waals surface area (Å²) in [5, 5.41) is 23.8. The second kappa shape index (κ2) is 16.4. The minimum Gasteiger partial charge on any atom is -0.491 e. The summed E-state index contributed by atoms with van der Waals surface area (Å²) in [5.41, 5.74) is 1.76. The van der Waals surface area contributed by atoms with Crippen LogP contribution < -0.4 is 29.8 Å². The molecule has 2 unspecified atom stereocenters. The standard InChI is InChI=1S/C47H40O8S2/c1-47(2,29-11-15-33(16-12-29)52-25-31(48)27-54-35-19-21-43-39(23-35)45(50)37-7-3-5-9-41(37)56-43)30-13-17-34(18-14-30)53-26-32(49)28-55-36-20-22-44-40(24-36)46(51)38-8-4-6-10-42(38)57-44/h3-24,31-32,48-49H,25-28H2,1-2H3. The van der Waals surface area contributed by atoms with Crippen LogP contribution in [0.5, 0.6) is 23.0 Å². The zero-order valence-electron chi connectivity index (χ0n) is 31.3. The molecule has 0 amide bonds. The lowest BCUT2D eigenvalue weighted by Gasteiger charge is -2.26. The van der Waals surface area contributed by atoms with Crippen LogP contribution in [0.25, 0.3) is 40.3 Å². The Bertz CT molecular complexity index is 2620. The number of fused-ring (bicyclic) bond motifs is 4. The van der Waals surface area contributed by atoms with Crippen molar-refractivity contribution in [3.63, 3.8) is 0 Å². The van der Waals surface area contributed by atoms with Crippen LogP contribution in [-0.4, -0.2) is 48.8 Å². The molecule has 8 aromatic rings. The van der Waals surface area contributed by atoms with E-state index < -0.39 is 12.2 Å². The molecule has 0 saturated heterocycles. The Labute approximate surface area is 336 Å². The lowest BCUT2D eigenvalue weighted by atomic mass is 9.78. The highest BCUT2D eigenvalue weighted by Crippen LogP contribution is 2.34. The molecule has 8 rings (SSSR count). The van der Waals surface area contributed by atoms with Gasteiger partial charge in [-0.3, -0.25) is 9.59 Å². The van der Waals surface area contributed by atoms with Gasteiger partial charge in [-0.15, -0.1) is 22.7 Å². The molecule has 6 aromatic carbocycles. The molecule has 0 aliphatic rings. The Morgan fingerprint density at radius 3 is 1.19 bits per heavy atom. The highest BCUT2D eigenvalue weighted by Gasteiger charge is 2.23. The van der Waals surface area contributed by atoms with Gasteiger partial charge in [-0.25, -0.2) is 0 Å². The maximum atomic E-state index is 13.0. The van der Waals surface area contributed by atoms with Crippen LogP contribution >= 0.6 is 22.7 Å². The van der Waals surface area contributed by atoms with Crippen molar-refractivity contribution in [2.45, 2.75) is 31.5 Å². The SMILES string of the molecule is CC(C)(c1ccc(OCC(O)COc2ccc3sc4ccccc4c(=O)c3c2)cc1)c1ccc(OCC(O)COc2ccc3sc4ccccc4c(=O)c3c2)cc1. The Hall–Kier alpha value is -5.78. The lowest BCUT2D eigenvalue weighted by molar-refractivity contribution is 0.0627. The molecule has 0 aliphatic carbocycles. The van der Waals surface area contributed by atoms with Gasteiger partial charge in [-0.2, -0.15) is 0 Å². The molecular weight excluding hydrogens is 757 g/mol. The maximum Gasteiger partial charge on any atom is 0.196 e. The quantitative estimate of drug-likeness (QED) is 0.105. The van der Waals surface area contributed by atoms with Gasteiger partial charge >= 0.3 is 0 Å². The van der Waals surface area contributed by atoms with Crippen LogP contribution in [0.1, 0.15) is 25.0 Å². The van der Waals surface area contributed by atoms with E-state index in [1.807, 2.05) is 121 Å². The van der Waals surface area contributed by atoms with E-state index in [4.69, 9.17) is 18.9 Å². The Morgan fingerprint density at radius 1 is 0.456 bits per heavy atom. The minimum atomic E-state index is -0.878. The molecule has 2 aromatic heterocycles. The van der Waals surface area contributed by atoms with E-state index in [0.29, 0.717) is 44.5 Å². The van der Waals surface area contributed by atoms with Gasteiger partial charge in [0.05, 0.1) is 0 Å². The highest BCUT2D eigenvalue weighted by atomic mass is 32.1. The summed E-state index contributed by atoms with van der Waals surface area (Å²) in [4.78, 5) is 26.1. The summed E-state index contributed by atoms with van der Waals surface area (Å²) in [5.74, 6) is 2.28. The first-order chi connectivity index (χ1) is 27.6. The van der Waals surface area contributed by atoms with Crippen LogP contribution in [0.3, 0.4) is 0 Å². The molecule has 0 fully saturated rings. The number of hydrogen-bond donors (Lipinski definition) is 2. The zero-order valence-corrected chi connectivity index (χ0v) is 33.0. The first kappa shape index (κ1) is 38.1. The van der Waals surface area contributed by atoms with Gasteiger partial charge in [-0.05, 0) is 96.1 Å². The summed E-state index contributed by atoms with van der Waals surface area (Å²) >= 11 is 3.12. The minimum absolute atomic E-state index is 0.0160. The van der Waals surface area contributed by atoms with Gasteiger partial charge in [0.1, 0.15) is 61.6 Å². The zero-order chi connectivity index (χ0) is 39.5. The number of aliphatic hydroxyl groups is 2. The number of aliphatic hydroxyl groups excluding tert-OH is 2. The Balaban J connectivity index is 0.802. The molecule has 0 bridgehead atoms. The van der Waals surface area contributed by atoms with Gasteiger partial charge in [0.15, 0.2) is 10.9 Å². The third kappa shape index (κ3) is 8.36. The Kier molecular flexibility index (Phi) is 10.9. The van der Waals surface area contributed by atoms with Gasteiger partial charge in [0, 0.05) is 45.8 Å². The molecule has 10 heteroatoms. The summed E-state index contributed by atoms with van der Waals surface area (Å²) in [6.07, 6.45) is -1.76. The van der Waals surface area contributed by atoms with Crippen LogP contribution in [0.4, 0.5) is 0 Å². The fourth-order valence-corrected chi connectivity index (χ4v) is 8.82. The molecule has 288 valence electrons. The molecule has 2 N–H and O–H groups in total. The van der Waals surface area contributed by atoms with Crippen LogP contribution in [0.15, 0.2) is 143 Å². The van der Waals surface area contributed by atoms with Crippen molar-refractivity contribution >= 4 is 63.0 Å². The van der Waals surface area contributed by atoms with Crippen molar-refractivity contribution < 1.29 is 29.2 Å². The third-order valence-electron chi connectivity index (χ3n) is 10.0. The number of ether oxygens (including phenoxy) is 4. The summed E-state index contributed by atoms with van der Waals surface area (Å²) in [7, 11) is 0. The second-order valence-corrected chi connectivity index (χ2v) is 16.6. The van der Waals surface area contributed by atoms with Crippen LogP contribution in [0, 0.1) is 0 Å². The van der Waals surface area contributed by atoms with Crippen LogP contribution in [-0.2, 0) is 5.41 Å². The lowest BCUT2D eigenvalue weighted by Crippen LogP contribution is -2.25. The summed E-state index contributed by atoms with van der Waals surface area (Å²) in [6, 6.07) is 41.6. The van der Waals surface area contributed by atoms with E-state index >= 15 is 0 Å². The highest BCUT2D eigenvalue weighted by molar-refractivity contribution is 7.24. The molecule has 2 heterocycles. The van der Waals surface area contributed by atoms with Crippen molar-refractivity contribution in [3.8, 4) is 23.0 Å². The van der Waals surface area contributed by atoms with Gasteiger partial charge in [0.25, 0.3) is 0 Å². The molecule has 0 radical (unpaired) electrons. The van der Waals surface area contributed by atoms with Gasteiger partial charge < -0.3 is 29.2 Å². The fourth-order valence-electron chi connectivity index (χ4n) is 6.71. The molecule has 57 heavy (non-hydrogen) atoms. The van der Waals surface area contributed by atoms with Crippen LogP contribution in [0.2, 0.25) is 0 Å². The van der Waals surface area contributed by atoms with E-state index in [-0.39, 0.29) is 42.7 Å². The smallest absolute Gasteiger partial charge is 0.196 e. The first-order valence-electron chi connectivity index (χ1n) is 18.6. The summed E-state index contributed by atoms with van der Waals surface area (Å²) in [6.45, 7) is 4.39. The van der Waals surface area contributed by atoms with Crippen molar-refractivity contribution in [1.29, 1.82) is 0 Å². The van der Waals surface area contributed by atoms with E-state index in [1.54, 1.807) is 34.8 Å². The van der Waals surface area contributed by atoms with E-state index in [2.05, 4.69) is 13.8 Å². The van der Waals surface area contributed by atoms with Crippen molar-refractivity contribution in [3.05, 3.63) is 165 Å². The van der Waals surface area contributed by atoms with Gasteiger partial charge in [0.2, 0.25) is 0 Å².